The summed E-state index contributed by atoms with van der Waals surface area (Å²) in [4.78, 5) is 39.0. The van der Waals surface area contributed by atoms with E-state index in [0.717, 1.165) is 18.5 Å². The highest BCUT2D eigenvalue weighted by Crippen LogP contribution is 2.38. The zero-order chi connectivity index (χ0) is 14.8. The van der Waals surface area contributed by atoms with Gasteiger partial charge in [0.1, 0.15) is 6.04 Å². The molecule has 1 aromatic heterocycles. The number of carbonyl (C=O) groups is 2. The molecule has 7 nitrogen and oxygen atoms in total. The number of rotatable bonds is 5. The van der Waals surface area contributed by atoms with Gasteiger partial charge in [0.05, 0.1) is 12.0 Å². The molecule has 2 fully saturated rings. The first-order chi connectivity index (χ1) is 10.1. The van der Waals surface area contributed by atoms with E-state index in [0.29, 0.717) is 31.8 Å². The Labute approximate surface area is 121 Å². The fourth-order valence-corrected chi connectivity index (χ4v) is 2.44. The van der Waals surface area contributed by atoms with Crippen molar-refractivity contribution in [3.8, 4) is 0 Å². The summed E-state index contributed by atoms with van der Waals surface area (Å²) in [7, 11) is 0. The molecule has 2 amide bonds. The van der Waals surface area contributed by atoms with Crippen LogP contribution in [0.4, 0.5) is 0 Å². The molecule has 1 aliphatic carbocycles. The maximum Gasteiger partial charge on any atom is 0.253 e. The topological polar surface area (TPSA) is 93.1 Å². The van der Waals surface area contributed by atoms with Gasteiger partial charge in [0.2, 0.25) is 11.8 Å². The summed E-state index contributed by atoms with van der Waals surface area (Å²) in [6.45, 7) is 0.721. The first-order valence-electron chi connectivity index (χ1n) is 7.27. The fourth-order valence-electron chi connectivity index (χ4n) is 2.44. The van der Waals surface area contributed by atoms with Crippen molar-refractivity contribution in [1.82, 2.24) is 20.2 Å². The second-order valence-corrected chi connectivity index (χ2v) is 5.57. The average molecular weight is 290 g/mol. The first-order valence-corrected chi connectivity index (χ1v) is 7.27. The molecule has 1 aliphatic heterocycles. The van der Waals surface area contributed by atoms with Crippen LogP contribution in [-0.4, -0.2) is 34.0 Å². The summed E-state index contributed by atoms with van der Waals surface area (Å²) < 4.78 is 1.49. The third-order valence-electron chi connectivity index (χ3n) is 3.86. The van der Waals surface area contributed by atoms with E-state index in [1.165, 1.54) is 4.57 Å². The molecule has 2 aliphatic rings. The predicted octanol–water partition coefficient (Wildman–Crippen LogP) is -0.484. The highest BCUT2D eigenvalue weighted by atomic mass is 16.2. The van der Waals surface area contributed by atoms with Crippen LogP contribution in [0.15, 0.2) is 17.2 Å². The Balaban J connectivity index is 1.50. The molecule has 1 saturated carbocycles. The third-order valence-corrected chi connectivity index (χ3v) is 3.86. The molecule has 21 heavy (non-hydrogen) atoms. The van der Waals surface area contributed by atoms with Crippen molar-refractivity contribution in [2.45, 2.75) is 44.2 Å². The molecule has 0 radical (unpaired) electrons. The van der Waals surface area contributed by atoms with E-state index in [1.807, 2.05) is 0 Å². The summed E-state index contributed by atoms with van der Waals surface area (Å²) in [6, 6.07) is 1.14. The van der Waals surface area contributed by atoms with E-state index >= 15 is 0 Å². The van der Waals surface area contributed by atoms with Crippen LogP contribution >= 0.6 is 0 Å². The lowest BCUT2D eigenvalue weighted by Gasteiger charge is -2.11. The van der Waals surface area contributed by atoms with Gasteiger partial charge in [-0.25, -0.2) is 4.98 Å². The minimum absolute atomic E-state index is 0.0877. The van der Waals surface area contributed by atoms with Crippen LogP contribution in [0.1, 0.15) is 37.3 Å². The predicted molar refractivity (Wildman–Crippen MR) is 74.6 cm³/mol. The minimum Gasteiger partial charge on any atom is -0.353 e. The molecule has 0 aromatic carbocycles. The second kappa shape index (κ2) is 5.67. The fraction of sp³-hybridized carbons (Fsp3) is 0.571. The molecule has 0 bridgehead atoms. The molecule has 1 unspecified atom stereocenters. The van der Waals surface area contributed by atoms with Gasteiger partial charge in [0, 0.05) is 31.5 Å². The van der Waals surface area contributed by atoms with Gasteiger partial charge < -0.3 is 10.6 Å². The SMILES string of the molecule is O=C1CCC(C(=O)NCCn2cnc(C3CC3)cc2=O)N1. The molecule has 1 saturated heterocycles. The quantitative estimate of drug-likeness (QED) is 0.765. The smallest absolute Gasteiger partial charge is 0.253 e. The lowest BCUT2D eigenvalue weighted by molar-refractivity contribution is -0.125. The van der Waals surface area contributed by atoms with Crippen LogP contribution in [0.2, 0.25) is 0 Å². The Morgan fingerprint density at radius 1 is 1.38 bits per heavy atom. The summed E-state index contributed by atoms with van der Waals surface area (Å²) >= 11 is 0. The number of nitrogens with one attached hydrogen (secondary N) is 2. The van der Waals surface area contributed by atoms with E-state index in [2.05, 4.69) is 15.6 Å². The highest BCUT2D eigenvalue weighted by molar-refractivity contribution is 5.90. The van der Waals surface area contributed by atoms with Gasteiger partial charge in [-0.1, -0.05) is 0 Å². The van der Waals surface area contributed by atoms with Gasteiger partial charge >= 0.3 is 0 Å². The van der Waals surface area contributed by atoms with Crippen LogP contribution in [0.25, 0.3) is 0 Å². The molecule has 0 spiro atoms. The van der Waals surface area contributed by atoms with Gasteiger partial charge in [-0.2, -0.15) is 0 Å². The van der Waals surface area contributed by atoms with E-state index in [1.54, 1.807) is 12.4 Å². The van der Waals surface area contributed by atoms with Crippen LogP contribution in [-0.2, 0) is 16.1 Å². The van der Waals surface area contributed by atoms with Crippen LogP contribution in [0.3, 0.4) is 0 Å². The Hall–Kier alpha value is -2.18. The van der Waals surface area contributed by atoms with Crippen molar-refractivity contribution >= 4 is 11.8 Å². The summed E-state index contributed by atoms with van der Waals surface area (Å²) in [5, 5.41) is 5.34. The first kappa shape index (κ1) is 13.8. The van der Waals surface area contributed by atoms with Gasteiger partial charge in [-0.3, -0.25) is 19.0 Å². The lowest BCUT2D eigenvalue weighted by Crippen LogP contribution is -2.43. The number of amides is 2. The zero-order valence-corrected chi connectivity index (χ0v) is 11.7. The number of aromatic nitrogens is 2. The van der Waals surface area contributed by atoms with E-state index in [9.17, 15) is 14.4 Å². The van der Waals surface area contributed by atoms with Crippen molar-refractivity contribution in [2.24, 2.45) is 0 Å². The molecule has 2 heterocycles. The van der Waals surface area contributed by atoms with E-state index < -0.39 is 6.04 Å². The van der Waals surface area contributed by atoms with Crippen LogP contribution in [0.5, 0.6) is 0 Å². The van der Waals surface area contributed by atoms with E-state index in [-0.39, 0.29) is 17.4 Å². The molecule has 2 N–H and O–H groups in total. The standard InChI is InChI=1S/C14H18N4O3/c19-12-4-3-10(17-12)14(21)15-5-6-18-8-16-11(7-13(18)20)9-1-2-9/h7-10H,1-6H2,(H,15,21)(H,17,19). The van der Waals surface area contributed by atoms with Gasteiger partial charge in [0.25, 0.3) is 5.56 Å². The monoisotopic (exact) mass is 290 g/mol. The number of hydrogen-bond donors (Lipinski definition) is 2. The molecular weight excluding hydrogens is 272 g/mol. The van der Waals surface area contributed by atoms with Crippen molar-refractivity contribution < 1.29 is 9.59 Å². The maximum absolute atomic E-state index is 11.9. The zero-order valence-electron chi connectivity index (χ0n) is 11.7. The van der Waals surface area contributed by atoms with Crippen LogP contribution < -0.4 is 16.2 Å². The van der Waals surface area contributed by atoms with Gasteiger partial charge in [0.15, 0.2) is 0 Å². The largest absolute Gasteiger partial charge is 0.353 e. The highest BCUT2D eigenvalue weighted by Gasteiger charge is 2.27. The van der Waals surface area contributed by atoms with Crippen molar-refractivity contribution in [3.05, 3.63) is 28.4 Å². The summed E-state index contributed by atoms with van der Waals surface area (Å²) in [5.74, 6) is 0.167. The third kappa shape index (κ3) is 3.29. The Morgan fingerprint density at radius 2 is 2.19 bits per heavy atom. The Kier molecular flexibility index (Phi) is 3.72. The van der Waals surface area contributed by atoms with Crippen molar-refractivity contribution in [2.75, 3.05) is 6.54 Å². The van der Waals surface area contributed by atoms with Gasteiger partial charge in [-0.05, 0) is 19.3 Å². The molecular formula is C14H18N4O3. The molecule has 3 rings (SSSR count). The second-order valence-electron chi connectivity index (χ2n) is 5.57. The Morgan fingerprint density at radius 3 is 2.81 bits per heavy atom. The van der Waals surface area contributed by atoms with Crippen molar-refractivity contribution in [3.63, 3.8) is 0 Å². The number of nitrogens with zero attached hydrogens (tertiary/aromatic N) is 2. The summed E-state index contributed by atoms with van der Waals surface area (Å²) in [5.41, 5.74) is 0.782. The lowest BCUT2D eigenvalue weighted by atomic mass is 10.2. The molecule has 1 atom stereocenters. The molecule has 112 valence electrons. The number of hydrogen-bond acceptors (Lipinski definition) is 4. The summed E-state index contributed by atoms with van der Waals surface area (Å²) in [6.07, 6.45) is 4.69. The number of carbonyl (C=O) groups excluding carboxylic acids is 2. The van der Waals surface area contributed by atoms with Crippen LogP contribution in [0, 0.1) is 0 Å². The normalized spacial score (nSPS) is 21.1. The van der Waals surface area contributed by atoms with E-state index in [4.69, 9.17) is 0 Å². The van der Waals surface area contributed by atoms with Crippen molar-refractivity contribution in [1.29, 1.82) is 0 Å². The maximum atomic E-state index is 11.9. The Bertz CT molecular complexity index is 621. The molecule has 1 aromatic rings. The minimum atomic E-state index is -0.440. The average Bonchev–Trinajstić information content (AvgIpc) is 3.22. The van der Waals surface area contributed by atoms with Gasteiger partial charge in [-0.15, -0.1) is 0 Å². The molecule has 7 heteroatoms.